The van der Waals surface area contributed by atoms with Crippen molar-refractivity contribution >= 4 is 34.3 Å². The van der Waals surface area contributed by atoms with Crippen LogP contribution in [-0.4, -0.2) is 32.1 Å². The Kier molecular flexibility index (Phi) is 8.78. The molecule has 0 unspecified atom stereocenters. The summed E-state index contributed by atoms with van der Waals surface area (Å²) in [5.41, 5.74) is 2.18. The Morgan fingerprint density at radius 1 is 0.837 bits per heavy atom. The van der Waals surface area contributed by atoms with E-state index in [9.17, 15) is 9.59 Å². The molecule has 0 spiro atoms. The highest BCUT2D eigenvalue weighted by Crippen LogP contribution is 2.42. The smallest absolute Gasteiger partial charge is 0.351 e. The first kappa shape index (κ1) is 29.0. The van der Waals surface area contributed by atoms with Crippen LogP contribution in [0.5, 0.6) is 0 Å². The van der Waals surface area contributed by atoms with Crippen LogP contribution >= 0.6 is 22.6 Å². The number of halogens is 1. The number of benzene rings is 4. The molecule has 1 N–H and O–H groups in total. The van der Waals surface area contributed by atoms with E-state index in [1.54, 1.807) is 36.5 Å². The lowest BCUT2D eigenvalue weighted by Crippen LogP contribution is -2.37. The molecule has 43 heavy (non-hydrogen) atoms. The zero-order chi connectivity index (χ0) is 29.6. The monoisotopic (exact) mass is 683 g/mol. The minimum Gasteiger partial charge on any atom is -0.358 e. The van der Waals surface area contributed by atoms with Crippen molar-refractivity contribution in [3.05, 3.63) is 166 Å². The molecule has 216 valence electrons. The molecule has 0 bridgehead atoms. The van der Waals surface area contributed by atoms with Gasteiger partial charge >= 0.3 is 5.69 Å². The van der Waals surface area contributed by atoms with E-state index < -0.39 is 17.5 Å². The van der Waals surface area contributed by atoms with Gasteiger partial charge in [0.15, 0.2) is 0 Å². The molecule has 3 atom stereocenters. The number of carbonyl (C=O) groups excluding carboxylic acids is 1. The Morgan fingerprint density at radius 3 is 1.86 bits per heavy atom. The number of aromatic nitrogens is 2. The highest BCUT2D eigenvalue weighted by atomic mass is 127. The third-order valence-corrected chi connectivity index (χ3v) is 8.90. The number of rotatable bonds is 9. The van der Waals surface area contributed by atoms with Crippen LogP contribution in [0.25, 0.3) is 0 Å². The van der Waals surface area contributed by atoms with Gasteiger partial charge in [-0.05, 0) is 34.9 Å². The standard InChI is InChI=1S/C35H30IN3O4/c36-29-23-32(39-22-21-31(38-34(39)41)37-33(40)25-13-5-1-6-14-25)43-30(29)24-42-35(26-15-7-2-8-16-26,27-17-9-3-10-18-27)28-19-11-4-12-20-28/h1-22,29-30,32H,23-24H2,(H,37,38,40,41)/t29-,30+,32-/m0/s1. The van der Waals surface area contributed by atoms with E-state index in [1.165, 1.54) is 4.57 Å². The molecule has 1 aliphatic heterocycles. The van der Waals surface area contributed by atoms with Crippen LogP contribution in [0.4, 0.5) is 5.82 Å². The van der Waals surface area contributed by atoms with E-state index in [0.29, 0.717) is 18.6 Å². The van der Waals surface area contributed by atoms with E-state index in [-0.39, 0.29) is 21.8 Å². The Labute approximate surface area is 263 Å². The van der Waals surface area contributed by atoms with Crippen LogP contribution in [0.3, 0.4) is 0 Å². The molecule has 5 aromatic rings. The van der Waals surface area contributed by atoms with Crippen molar-refractivity contribution in [1.82, 2.24) is 9.55 Å². The molecule has 1 saturated heterocycles. The van der Waals surface area contributed by atoms with Gasteiger partial charge in [-0.25, -0.2) is 4.79 Å². The molecule has 1 aromatic heterocycles. The fourth-order valence-electron chi connectivity index (χ4n) is 5.47. The summed E-state index contributed by atoms with van der Waals surface area (Å²) in [6, 6.07) is 41.1. The minimum absolute atomic E-state index is 0.0898. The van der Waals surface area contributed by atoms with Gasteiger partial charge in [-0.3, -0.25) is 9.36 Å². The van der Waals surface area contributed by atoms with Crippen LogP contribution in [0, 0.1) is 0 Å². The van der Waals surface area contributed by atoms with Crippen LogP contribution in [0.2, 0.25) is 0 Å². The van der Waals surface area contributed by atoms with Crippen molar-refractivity contribution in [2.75, 3.05) is 11.9 Å². The van der Waals surface area contributed by atoms with Gasteiger partial charge in [-0.15, -0.1) is 0 Å². The number of carbonyl (C=O) groups is 1. The minimum atomic E-state index is -0.863. The molecule has 8 heteroatoms. The molecule has 1 amide bonds. The zero-order valence-electron chi connectivity index (χ0n) is 23.3. The van der Waals surface area contributed by atoms with Crippen LogP contribution < -0.4 is 11.0 Å². The third-order valence-electron chi connectivity index (χ3n) is 7.58. The Balaban J connectivity index is 1.23. The molecule has 0 saturated carbocycles. The first-order chi connectivity index (χ1) is 21.0. The van der Waals surface area contributed by atoms with Gasteiger partial charge in [0.1, 0.15) is 17.6 Å². The van der Waals surface area contributed by atoms with E-state index in [0.717, 1.165) is 16.7 Å². The molecular weight excluding hydrogens is 653 g/mol. The Morgan fingerprint density at radius 2 is 1.35 bits per heavy atom. The second kappa shape index (κ2) is 13.0. The van der Waals surface area contributed by atoms with Gasteiger partial charge in [-0.2, -0.15) is 4.98 Å². The van der Waals surface area contributed by atoms with Crippen LogP contribution in [0.1, 0.15) is 39.7 Å². The van der Waals surface area contributed by atoms with E-state index in [1.807, 2.05) is 60.7 Å². The largest absolute Gasteiger partial charge is 0.358 e. The van der Waals surface area contributed by atoms with Crippen molar-refractivity contribution in [3.63, 3.8) is 0 Å². The van der Waals surface area contributed by atoms with Crippen LogP contribution in [0.15, 0.2) is 138 Å². The SMILES string of the molecule is O=C(Nc1ccn([C@@H]2C[C@H](I)[C@@H](COC(c3ccccc3)(c3ccccc3)c3ccccc3)O2)c(=O)n1)c1ccccc1. The third kappa shape index (κ3) is 6.17. The van der Waals surface area contributed by atoms with Crippen molar-refractivity contribution in [2.24, 2.45) is 0 Å². The van der Waals surface area contributed by atoms with Crippen molar-refractivity contribution in [1.29, 1.82) is 0 Å². The highest BCUT2D eigenvalue weighted by molar-refractivity contribution is 14.1. The van der Waals surface area contributed by atoms with E-state index >= 15 is 0 Å². The molecule has 0 aliphatic carbocycles. The summed E-state index contributed by atoms with van der Waals surface area (Å²) in [5.74, 6) is -0.136. The number of hydrogen-bond donors (Lipinski definition) is 1. The van der Waals surface area contributed by atoms with Gasteiger partial charge in [0.05, 0.1) is 12.7 Å². The fraction of sp³-hybridized carbons (Fsp3) is 0.171. The molecule has 0 radical (unpaired) electrons. The number of nitrogens with one attached hydrogen (secondary N) is 1. The average Bonchev–Trinajstić information content (AvgIpc) is 3.43. The second-order valence-electron chi connectivity index (χ2n) is 10.3. The van der Waals surface area contributed by atoms with Gasteiger partial charge in [-0.1, -0.05) is 132 Å². The predicted octanol–water partition coefficient (Wildman–Crippen LogP) is 6.60. The van der Waals surface area contributed by atoms with Crippen LogP contribution in [-0.2, 0) is 15.1 Å². The zero-order valence-corrected chi connectivity index (χ0v) is 25.4. The number of nitrogens with zero attached hydrogens (tertiary/aromatic N) is 2. The Hall–Kier alpha value is -4.12. The first-order valence-corrected chi connectivity index (χ1v) is 15.3. The van der Waals surface area contributed by atoms with Crippen molar-refractivity contribution < 1.29 is 14.3 Å². The normalized spacial score (nSPS) is 18.3. The number of amides is 1. The molecule has 2 heterocycles. The van der Waals surface area contributed by atoms with E-state index in [2.05, 4.69) is 69.3 Å². The van der Waals surface area contributed by atoms with Gasteiger partial charge in [0.25, 0.3) is 5.91 Å². The van der Waals surface area contributed by atoms with Gasteiger partial charge < -0.3 is 14.8 Å². The number of ether oxygens (including phenoxy) is 2. The Bertz CT molecular complexity index is 1620. The quantitative estimate of drug-likeness (QED) is 0.108. The molecule has 1 fully saturated rings. The topological polar surface area (TPSA) is 82.5 Å². The summed E-state index contributed by atoms with van der Waals surface area (Å²) in [6.45, 7) is 0.302. The summed E-state index contributed by atoms with van der Waals surface area (Å²) in [7, 11) is 0. The van der Waals surface area contributed by atoms with E-state index in [4.69, 9.17) is 9.47 Å². The summed E-state index contributed by atoms with van der Waals surface area (Å²) in [6.07, 6.45) is 1.45. The molecule has 4 aromatic carbocycles. The molecule has 1 aliphatic rings. The molecule has 7 nitrogen and oxygen atoms in total. The first-order valence-electron chi connectivity index (χ1n) is 14.1. The second-order valence-corrected chi connectivity index (χ2v) is 11.9. The predicted molar refractivity (Wildman–Crippen MR) is 174 cm³/mol. The maximum Gasteiger partial charge on any atom is 0.351 e. The number of anilines is 1. The molecule has 6 rings (SSSR count). The van der Waals surface area contributed by atoms with Crippen molar-refractivity contribution in [3.8, 4) is 0 Å². The summed E-state index contributed by atoms with van der Waals surface area (Å²) in [4.78, 5) is 29.6. The summed E-state index contributed by atoms with van der Waals surface area (Å²) in [5, 5.41) is 2.69. The van der Waals surface area contributed by atoms with Gasteiger partial charge in [0, 0.05) is 22.1 Å². The summed E-state index contributed by atoms with van der Waals surface area (Å²) < 4.78 is 15.0. The highest BCUT2D eigenvalue weighted by Gasteiger charge is 2.41. The van der Waals surface area contributed by atoms with Crippen molar-refractivity contribution in [2.45, 2.75) is 28.3 Å². The lowest BCUT2D eigenvalue weighted by molar-refractivity contribution is -0.0758. The fourth-order valence-corrected chi connectivity index (χ4v) is 6.28. The maximum absolute atomic E-state index is 13.0. The number of hydrogen-bond acceptors (Lipinski definition) is 5. The lowest BCUT2D eigenvalue weighted by atomic mass is 9.80. The average molecular weight is 684 g/mol. The van der Waals surface area contributed by atoms with Gasteiger partial charge in [0.2, 0.25) is 0 Å². The molecular formula is C35H30IN3O4. The lowest BCUT2D eigenvalue weighted by Gasteiger charge is -2.37. The number of alkyl halides is 1. The maximum atomic E-state index is 13.0. The summed E-state index contributed by atoms with van der Waals surface area (Å²) >= 11 is 2.37.